The first kappa shape index (κ1) is 7.15. The fourth-order valence-corrected chi connectivity index (χ4v) is 4.38. The molecule has 0 aromatic rings. The number of carbonyl (C=O) groups excluding carboxylic acids is 1. The van der Waals surface area contributed by atoms with Crippen molar-refractivity contribution in [2.75, 3.05) is 11.1 Å². The predicted octanol–water partition coefficient (Wildman–Crippen LogP) is 1.02. The van der Waals surface area contributed by atoms with Gasteiger partial charge >= 0.3 is 5.97 Å². The maximum atomic E-state index is 10.7. The van der Waals surface area contributed by atoms with Gasteiger partial charge in [-0.3, -0.25) is 4.79 Å². The van der Waals surface area contributed by atoms with Crippen molar-refractivity contribution in [2.24, 2.45) is 0 Å². The summed E-state index contributed by atoms with van der Waals surface area (Å²) < 4.78 is 5.15. The molecule has 1 aliphatic rings. The van der Waals surface area contributed by atoms with Crippen LogP contribution in [0.2, 0.25) is 13.1 Å². The molecule has 1 saturated heterocycles. The summed E-state index contributed by atoms with van der Waals surface area (Å²) in [5.74, 6) is 0.527. The summed E-state index contributed by atoms with van der Waals surface area (Å²) in [7, 11) is -1.54. The molecule has 0 N–H and O–H groups in total. The Labute approximate surface area is 60.1 Å². The molecule has 0 bridgehead atoms. The largest absolute Gasteiger partial charge is 0.518 e. The molecule has 1 rings (SSSR count). The van der Waals surface area contributed by atoms with E-state index >= 15 is 0 Å². The highest BCUT2D eigenvalue weighted by Gasteiger charge is 2.31. The van der Waals surface area contributed by atoms with E-state index in [2.05, 4.69) is 13.1 Å². The first-order valence-electron chi connectivity index (χ1n) is 2.90. The Bertz CT molecular complexity index is 135. The van der Waals surface area contributed by atoms with Gasteiger partial charge in [0, 0.05) is 5.38 Å². The van der Waals surface area contributed by atoms with Crippen molar-refractivity contribution >= 4 is 26.0 Å². The van der Waals surface area contributed by atoms with E-state index in [4.69, 9.17) is 4.43 Å². The minimum atomic E-state index is -1.54. The van der Waals surface area contributed by atoms with Crippen LogP contribution in [0, 0.1) is 0 Å². The van der Waals surface area contributed by atoms with E-state index in [0.717, 1.165) is 5.38 Å². The van der Waals surface area contributed by atoms with Gasteiger partial charge in [-0.2, -0.15) is 0 Å². The Balaban J connectivity index is 2.51. The van der Waals surface area contributed by atoms with Crippen LogP contribution in [0.25, 0.3) is 0 Å². The van der Waals surface area contributed by atoms with Crippen LogP contribution in [0.1, 0.15) is 0 Å². The summed E-state index contributed by atoms with van der Waals surface area (Å²) >= 11 is 1.70. The van der Waals surface area contributed by atoms with Gasteiger partial charge in [-0.1, -0.05) is 0 Å². The van der Waals surface area contributed by atoms with Crippen LogP contribution in [0.15, 0.2) is 0 Å². The molecule has 2 nitrogen and oxygen atoms in total. The van der Waals surface area contributed by atoms with Crippen LogP contribution in [0.3, 0.4) is 0 Å². The molecule has 0 spiro atoms. The number of hydrogen-bond acceptors (Lipinski definition) is 3. The van der Waals surface area contributed by atoms with Gasteiger partial charge in [-0.05, 0) is 13.1 Å². The Hall–Kier alpha value is 0.0369. The van der Waals surface area contributed by atoms with Crippen LogP contribution >= 0.6 is 11.8 Å². The Morgan fingerprint density at radius 1 is 1.67 bits per heavy atom. The lowest BCUT2D eigenvalue weighted by Crippen LogP contribution is -2.41. The van der Waals surface area contributed by atoms with E-state index in [1.165, 1.54) is 0 Å². The maximum absolute atomic E-state index is 10.7. The van der Waals surface area contributed by atoms with Gasteiger partial charge in [0.1, 0.15) is 0 Å². The summed E-state index contributed by atoms with van der Waals surface area (Å²) in [6.45, 7) is 4.13. The molecule has 0 radical (unpaired) electrons. The van der Waals surface area contributed by atoms with Crippen molar-refractivity contribution < 1.29 is 9.22 Å². The SMILES string of the molecule is C[Si]1(C)CSCC(=O)O1. The Morgan fingerprint density at radius 2 is 2.33 bits per heavy atom. The number of thioether (sulfide) groups is 1. The number of hydrogen-bond donors (Lipinski definition) is 0. The first-order valence-corrected chi connectivity index (χ1v) is 7.17. The lowest BCUT2D eigenvalue weighted by Gasteiger charge is -2.26. The van der Waals surface area contributed by atoms with Crippen molar-refractivity contribution in [1.82, 2.24) is 0 Å². The average Bonchev–Trinajstić information content (AvgIpc) is 1.60. The van der Waals surface area contributed by atoms with Crippen molar-refractivity contribution in [2.45, 2.75) is 13.1 Å². The van der Waals surface area contributed by atoms with Crippen molar-refractivity contribution in [3.8, 4) is 0 Å². The molecular formula is C5H10O2SSi. The van der Waals surface area contributed by atoms with Crippen LogP contribution < -0.4 is 0 Å². The fraction of sp³-hybridized carbons (Fsp3) is 0.800. The maximum Gasteiger partial charge on any atom is 0.302 e. The van der Waals surface area contributed by atoms with Gasteiger partial charge in [-0.25, -0.2) is 0 Å². The summed E-state index contributed by atoms with van der Waals surface area (Å²) in [5, 5.41) is 1.05. The summed E-state index contributed by atoms with van der Waals surface area (Å²) in [4.78, 5) is 10.7. The highest BCUT2D eigenvalue weighted by atomic mass is 32.2. The molecule has 0 aliphatic carbocycles. The van der Waals surface area contributed by atoms with Gasteiger partial charge in [0.2, 0.25) is 0 Å². The molecule has 1 fully saturated rings. The minimum Gasteiger partial charge on any atom is -0.518 e. The average molecular weight is 162 g/mol. The molecule has 0 aromatic carbocycles. The van der Waals surface area contributed by atoms with Gasteiger partial charge < -0.3 is 4.43 Å². The molecule has 52 valence electrons. The second-order valence-corrected chi connectivity index (χ2v) is 8.30. The zero-order chi connectivity index (χ0) is 6.91. The third kappa shape index (κ3) is 2.02. The van der Waals surface area contributed by atoms with E-state index in [1.54, 1.807) is 11.8 Å². The smallest absolute Gasteiger partial charge is 0.302 e. The topological polar surface area (TPSA) is 26.3 Å². The summed E-state index contributed by atoms with van der Waals surface area (Å²) in [6.07, 6.45) is 0. The molecule has 0 atom stereocenters. The zero-order valence-corrected chi connectivity index (χ0v) is 7.46. The van der Waals surface area contributed by atoms with Gasteiger partial charge in [0.05, 0.1) is 5.75 Å². The number of rotatable bonds is 0. The molecule has 1 aliphatic heterocycles. The highest BCUT2D eigenvalue weighted by molar-refractivity contribution is 8.01. The molecule has 0 unspecified atom stereocenters. The molecule has 0 aromatic heterocycles. The minimum absolute atomic E-state index is 0.0251. The summed E-state index contributed by atoms with van der Waals surface area (Å²) in [6, 6.07) is 0. The van der Waals surface area contributed by atoms with E-state index < -0.39 is 8.32 Å². The summed E-state index contributed by atoms with van der Waals surface area (Å²) in [5.41, 5.74) is 0. The second-order valence-electron chi connectivity index (χ2n) is 2.73. The molecular weight excluding hydrogens is 152 g/mol. The van der Waals surface area contributed by atoms with Crippen molar-refractivity contribution in [3.63, 3.8) is 0 Å². The third-order valence-electron chi connectivity index (χ3n) is 1.06. The van der Waals surface area contributed by atoms with Gasteiger partial charge in [-0.15, -0.1) is 11.8 Å². The fourth-order valence-electron chi connectivity index (χ4n) is 0.747. The van der Waals surface area contributed by atoms with Crippen LogP contribution in [-0.4, -0.2) is 25.4 Å². The number of carbonyl (C=O) groups is 1. The standard InChI is InChI=1S/C5H10O2SSi/c1-9(2)4-8-3-5(6)7-9/h3-4H2,1-2H3. The predicted molar refractivity (Wildman–Crippen MR) is 40.9 cm³/mol. The highest BCUT2D eigenvalue weighted by Crippen LogP contribution is 2.19. The molecule has 4 heteroatoms. The van der Waals surface area contributed by atoms with Gasteiger partial charge in [0.15, 0.2) is 0 Å². The lowest BCUT2D eigenvalue weighted by molar-refractivity contribution is -0.132. The monoisotopic (exact) mass is 162 g/mol. The van der Waals surface area contributed by atoms with Crippen molar-refractivity contribution in [3.05, 3.63) is 0 Å². The Morgan fingerprint density at radius 3 is 2.67 bits per heavy atom. The zero-order valence-electron chi connectivity index (χ0n) is 5.64. The van der Waals surface area contributed by atoms with Crippen LogP contribution in [0.4, 0.5) is 0 Å². The van der Waals surface area contributed by atoms with Crippen LogP contribution in [0.5, 0.6) is 0 Å². The van der Waals surface area contributed by atoms with E-state index in [0.29, 0.717) is 5.75 Å². The Kier molecular flexibility index (Phi) is 1.86. The normalized spacial score (nSPS) is 25.3. The lowest BCUT2D eigenvalue weighted by atomic mass is 10.8. The van der Waals surface area contributed by atoms with Gasteiger partial charge in [0.25, 0.3) is 8.32 Å². The van der Waals surface area contributed by atoms with Crippen LogP contribution in [-0.2, 0) is 9.22 Å². The molecule has 1 heterocycles. The first-order chi connectivity index (χ1) is 4.10. The van der Waals surface area contributed by atoms with Crippen molar-refractivity contribution in [1.29, 1.82) is 0 Å². The quantitative estimate of drug-likeness (QED) is 0.497. The van der Waals surface area contributed by atoms with E-state index in [-0.39, 0.29) is 5.97 Å². The third-order valence-corrected chi connectivity index (χ3v) is 5.88. The second kappa shape index (κ2) is 2.34. The van der Waals surface area contributed by atoms with E-state index in [1.807, 2.05) is 0 Å². The van der Waals surface area contributed by atoms with E-state index in [9.17, 15) is 4.79 Å². The molecule has 0 amide bonds. The molecule has 9 heavy (non-hydrogen) atoms. The molecule has 0 saturated carbocycles.